The third-order valence-electron chi connectivity index (χ3n) is 6.35. The first-order chi connectivity index (χ1) is 17.3. The Morgan fingerprint density at radius 2 is 1.53 bits per heavy atom. The number of amides is 2. The van der Waals surface area contributed by atoms with Crippen LogP contribution in [0.5, 0.6) is 23.0 Å². The zero-order chi connectivity index (χ0) is 26.4. The Balaban J connectivity index is 2.10. The number of urea groups is 1. The maximum absolute atomic E-state index is 13.7. The summed E-state index contributed by atoms with van der Waals surface area (Å²) in [6, 6.07) is 7.87. The molecule has 9 nitrogen and oxygen atoms in total. The fraction of sp³-hybridized carbons (Fsp3) is 0.481. The van der Waals surface area contributed by atoms with Crippen LogP contribution >= 0.6 is 0 Å². The highest BCUT2D eigenvalue weighted by Crippen LogP contribution is 2.42. The van der Waals surface area contributed by atoms with Crippen molar-refractivity contribution in [3.63, 3.8) is 0 Å². The molecule has 36 heavy (non-hydrogen) atoms. The van der Waals surface area contributed by atoms with Gasteiger partial charge in [0.25, 0.3) is 0 Å². The molecule has 0 spiro atoms. The van der Waals surface area contributed by atoms with E-state index in [9.17, 15) is 9.59 Å². The minimum Gasteiger partial charge on any atom is -0.493 e. The first kappa shape index (κ1) is 27.0. The van der Waals surface area contributed by atoms with Crippen molar-refractivity contribution in [2.75, 3.05) is 42.1 Å². The molecule has 1 heterocycles. The summed E-state index contributed by atoms with van der Waals surface area (Å²) < 4.78 is 27.0. The van der Waals surface area contributed by atoms with Gasteiger partial charge in [-0.25, -0.2) is 9.59 Å². The zero-order valence-corrected chi connectivity index (χ0v) is 22.0. The molecule has 0 radical (unpaired) electrons. The summed E-state index contributed by atoms with van der Waals surface area (Å²) in [5.74, 6) is 2.05. The molecule has 2 amide bonds. The van der Waals surface area contributed by atoms with Gasteiger partial charge in [0.1, 0.15) is 6.04 Å². The van der Waals surface area contributed by atoms with Crippen LogP contribution in [0.4, 0.5) is 4.79 Å². The Morgan fingerprint density at radius 3 is 2.11 bits per heavy atom. The smallest absolute Gasteiger partial charge is 0.328 e. The molecular weight excluding hydrogens is 464 g/mol. The number of rotatable bonds is 9. The van der Waals surface area contributed by atoms with Crippen molar-refractivity contribution in [1.29, 1.82) is 0 Å². The van der Waals surface area contributed by atoms with Gasteiger partial charge in [0.15, 0.2) is 23.0 Å². The molecule has 1 aliphatic rings. The molecule has 0 saturated heterocycles. The van der Waals surface area contributed by atoms with E-state index in [-0.39, 0.29) is 11.9 Å². The van der Waals surface area contributed by atoms with Gasteiger partial charge in [0.2, 0.25) is 0 Å². The number of nitrogens with one attached hydrogen (secondary N) is 1. The Labute approximate surface area is 212 Å². The molecule has 0 aromatic heterocycles. The van der Waals surface area contributed by atoms with Crippen molar-refractivity contribution >= 4 is 12.0 Å². The molecule has 196 valence electrons. The Kier molecular flexibility index (Phi) is 8.90. The number of carbonyl (C=O) groups excluding carboxylic acids is 2. The number of carbonyl (C=O) groups is 2. The monoisotopic (exact) mass is 500 g/mol. The van der Waals surface area contributed by atoms with Crippen LogP contribution in [0.15, 0.2) is 30.3 Å². The molecule has 0 fully saturated rings. The van der Waals surface area contributed by atoms with Crippen LogP contribution in [-0.4, -0.2) is 65.0 Å². The van der Waals surface area contributed by atoms with Gasteiger partial charge in [0, 0.05) is 6.54 Å². The van der Waals surface area contributed by atoms with Gasteiger partial charge in [-0.1, -0.05) is 19.9 Å². The number of ether oxygens (including phenoxy) is 5. The van der Waals surface area contributed by atoms with Crippen LogP contribution in [0.25, 0.3) is 0 Å². The van der Waals surface area contributed by atoms with E-state index in [0.717, 1.165) is 16.7 Å². The summed E-state index contributed by atoms with van der Waals surface area (Å²) in [5, 5.41) is 2.90. The summed E-state index contributed by atoms with van der Waals surface area (Å²) in [6.45, 7) is 4.42. The fourth-order valence-electron chi connectivity index (χ4n) is 4.61. The number of nitrogens with zero attached hydrogens (tertiary/aromatic N) is 1. The third kappa shape index (κ3) is 5.61. The topological polar surface area (TPSA) is 95.6 Å². The summed E-state index contributed by atoms with van der Waals surface area (Å²) in [5.41, 5.74) is 2.78. The molecule has 9 heteroatoms. The standard InChI is InChI=1S/C27H36N2O7/c1-16(2)12-20(26(30)36-7)28-27(31)29-11-10-17-13-23(34-5)24(35-6)15-19(17)25(29)18-8-9-21(32-3)22(14-18)33-4/h8-9,13-16,20,25H,10-12H2,1-7H3,(H,28,31)/t20-,25-/m0/s1. The molecule has 2 aromatic rings. The van der Waals surface area contributed by atoms with Crippen molar-refractivity contribution in [3.8, 4) is 23.0 Å². The Bertz CT molecular complexity index is 1090. The van der Waals surface area contributed by atoms with Crippen LogP contribution in [0.3, 0.4) is 0 Å². The van der Waals surface area contributed by atoms with Crippen molar-refractivity contribution < 1.29 is 33.3 Å². The number of hydrogen-bond acceptors (Lipinski definition) is 7. The minimum absolute atomic E-state index is 0.190. The van der Waals surface area contributed by atoms with Crippen LogP contribution in [0.2, 0.25) is 0 Å². The molecule has 1 N–H and O–H groups in total. The van der Waals surface area contributed by atoms with Crippen LogP contribution < -0.4 is 24.3 Å². The quantitative estimate of drug-likeness (QED) is 0.521. The van der Waals surface area contributed by atoms with E-state index < -0.39 is 18.1 Å². The predicted molar refractivity (Wildman–Crippen MR) is 135 cm³/mol. The van der Waals surface area contributed by atoms with Gasteiger partial charge in [-0.05, 0) is 59.7 Å². The lowest BCUT2D eigenvalue weighted by Crippen LogP contribution is -2.51. The fourth-order valence-corrected chi connectivity index (χ4v) is 4.61. The van der Waals surface area contributed by atoms with E-state index in [1.807, 2.05) is 44.2 Å². The summed E-state index contributed by atoms with van der Waals surface area (Å²) in [6.07, 6.45) is 1.08. The SMILES string of the molecule is COC(=O)[C@H](CC(C)C)NC(=O)N1CCc2cc(OC)c(OC)cc2[C@@H]1c1ccc(OC)c(OC)c1. The molecule has 0 aliphatic carbocycles. The van der Waals surface area contributed by atoms with Gasteiger partial charge in [-0.2, -0.15) is 0 Å². The van der Waals surface area contributed by atoms with Gasteiger partial charge < -0.3 is 33.9 Å². The average molecular weight is 501 g/mol. The van der Waals surface area contributed by atoms with Gasteiger partial charge >= 0.3 is 12.0 Å². The van der Waals surface area contributed by atoms with Crippen LogP contribution in [-0.2, 0) is 16.0 Å². The summed E-state index contributed by atoms with van der Waals surface area (Å²) >= 11 is 0. The van der Waals surface area contributed by atoms with Crippen molar-refractivity contribution in [3.05, 3.63) is 47.0 Å². The average Bonchev–Trinajstić information content (AvgIpc) is 2.89. The van der Waals surface area contributed by atoms with Gasteiger partial charge in [0.05, 0.1) is 41.6 Å². The maximum atomic E-state index is 13.7. The zero-order valence-electron chi connectivity index (χ0n) is 22.0. The molecule has 2 atom stereocenters. The van der Waals surface area contributed by atoms with Gasteiger partial charge in [-0.3, -0.25) is 0 Å². The number of esters is 1. The highest BCUT2D eigenvalue weighted by atomic mass is 16.5. The lowest BCUT2D eigenvalue weighted by Gasteiger charge is -2.39. The largest absolute Gasteiger partial charge is 0.493 e. The molecule has 0 saturated carbocycles. The van der Waals surface area contributed by atoms with Crippen LogP contribution in [0.1, 0.15) is 43.0 Å². The number of fused-ring (bicyclic) bond motifs is 1. The van der Waals surface area contributed by atoms with E-state index in [1.54, 1.807) is 33.3 Å². The number of benzene rings is 2. The molecule has 3 rings (SSSR count). The highest BCUT2D eigenvalue weighted by molar-refractivity contribution is 5.84. The van der Waals surface area contributed by atoms with Crippen molar-refractivity contribution in [2.24, 2.45) is 5.92 Å². The second-order valence-corrected chi connectivity index (χ2v) is 9.02. The molecule has 0 bridgehead atoms. The number of methoxy groups -OCH3 is 5. The molecule has 0 unspecified atom stereocenters. The Hall–Kier alpha value is -3.62. The lowest BCUT2D eigenvalue weighted by molar-refractivity contribution is -0.143. The summed E-state index contributed by atoms with van der Waals surface area (Å²) in [7, 11) is 7.65. The third-order valence-corrected chi connectivity index (χ3v) is 6.35. The first-order valence-electron chi connectivity index (χ1n) is 11.9. The number of hydrogen-bond donors (Lipinski definition) is 1. The minimum atomic E-state index is -0.750. The maximum Gasteiger partial charge on any atom is 0.328 e. The second kappa shape index (κ2) is 11.9. The normalized spacial score (nSPS) is 15.6. The molecular formula is C27H36N2O7. The van der Waals surface area contributed by atoms with Crippen molar-refractivity contribution in [1.82, 2.24) is 10.2 Å². The summed E-state index contributed by atoms with van der Waals surface area (Å²) in [4.78, 5) is 27.8. The first-order valence-corrected chi connectivity index (χ1v) is 11.9. The van der Waals surface area contributed by atoms with E-state index >= 15 is 0 Å². The second-order valence-electron chi connectivity index (χ2n) is 9.02. The van der Waals surface area contributed by atoms with E-state index in [1.165, 1.54) is 7.11 Å². The Morgan fingerprint density at radius 1 is 0.917 bits per heavy atom. The molecule has 2 aromatic carbocycles. The molecule has 1 aliphatic heterocycles. The van der Waals surface area contributed by atoms with E-state index in [2.05, 4.69) is 5.32 Å². The van der Waals surface area contributed by atoms with E-state index in [0.29, 0.717) is 42.4 Å². The van der Waals surface area contributed by atoms with E-state index in [4.69, 9.17) is 23.7 Å². The predicted octanol–water partition coefficient (Wildman–Crippen LogP) is 3.97. The van der Waals surface area contributed by atoms with Gasteiger partial charge in [-0.15, -0.1) is 0 Å². The highest BCUT2D eigenvalue weighted by Gasteiger charge is 2.35. The van der Waals surface area contributed by atoms with Crippen molar-refractivity contribution in [2.45, 2.75) is 38.8 Å². The lowest BCUT2D eigenvalue weighted by atomic mass is 9.87. The van der Waals surface area contributed by atoms with Crippen LogP contribution in [0, 0.1) is 5.92 Å².